The van der Waals surface area contributed by atoms with Gasteiger partial charge in [0.2, 0.25) is 0 Å². The Morgan fingerprint density at radius 2 is 1.90 bits per heavy atom. The average molecular weight is 418 g/mol. The van der Waals surface area contributed by atoms with Gasteiger partial charge in [-0.2, -0.15) is 5.10 Å². The third-order valence-electron chi connectivity index (χ3n) is 4.99. The first-order valence-electron chi connectivity index (χ1n) is 9.66. The van der Waals surface area contributed by atoms with Crippen molar-refractivity contribution >= 4 is 22.6 Å². The largest absolute Gasteiger partial charge is 0.506 e. The van der Waals surface area contributed by atoms with Gasteiger partial charge in [-0.1, -0.05) is 30.3 Å². The lowest BCUT2D eigenvalue weighted by Crippen LogP contribution is -2.24. The van der Waals surface area contributed by atoms with Gasteiger partial charge in [-0.3, -0.25) is 9.59 Å². The molecule has 0 spiro atoms. The highest BCUT2D eigenvalue weighted by molar-refractivity contribution is 6.08. The summed E-state index contributed by atoms with van der Waals surface area (Å²) in [4.78, 5) is 28.1. The zero-order valence-electron chi connectivity index (χ0n) is 16.3. The topological polar surface area (TPSA) is 118 Å². The van der Waals surface area contributed by atoms with Gasteiger partial charge in [0.25, 0.3) is 11.5 Å². The molecule has 0 saturated heterocycles. The van der Waals surface area contributed by atoms with Crippen molar-refractivity contribution in [2.24, 2.45) is 0 Å². The number of nitrogens with one attached hydrogen (secondary N) is 2. The summed E-state index contributed by atoms with van der Waals surface area (Å²) in [6.07, 6.45) is 1.42. The molecular formula is C22H18N4O5. The van der Waals surface area contributed by atoms with E-state index >= 15 is 0 Å². The van der Waals surface area contributed by atoms with Crippen LogP contribution in [0.2, 0.25) is 0 Å². The molecule has 156 valence electrons. The van der Waals surface area contributed by atoms with E-state index in [1.807, 2.05) is 30.3 Å². The van der Waals surface area contributed by atoms with Crippen LogP contribution >= 0.6 is 0 Å². The lowest BCUT2D eigenvalue weighted by Gasteiger charge is -2.19. The molecule has 0 radical (unpaired) electrons. The number of aromatic hydroxyl groups is 1. The van der Waals surface area contributed by atoms with Crippen molar-refractivity contribution in [3.8, 4) is 17.2 Å². The van der Waals surface area contributed by atoms with Crippen molar-refractivity contribution in [2.75, 3.05) is 18.5 Å². The average Bonchev–Trinajstić information content (AvgIpc) is 3.17. The van der Waals surface area contributed by atoms with Crippen molar-refractivity contribution < 1.29 is 19.4 Å². The quantitative estimate of drug-likeness (QED) is 0.469. The first-order chi connectivity index (χ1) is 15.1. The van der Waals surface area contributed by atoms with E-state index in [4.69, 9.17) is 9.47 Å². The van der Waals surface area contributed by atoms with E-state index in [1.165, 1.54) is 6.20 Å². The van der Waals surface area contributed by atoms with Gasteiger partial charge in [-0.15, -0.1) is 0 Å². The summed E-state index contributed by atoms with van der Waals surface area (Å²) in [6.45, 7) is 1.27. The molecule has 0 fully saturated rings. The number of aromatic amines is 1. The summed E-state index contributed by atoms with van der Waals surface area (Å²) in [5.74, 6) is -0.0849. The Kier molecular flexibility index (Phi) is 4.55. The van der Waals surface area contributed by atoms with E-state index in [9.17, 15) is 14.7 Å². The maximum atomic E-state index is 12.8. The van der Waals surface area contributed by atoms with E-state index in [-0.39, 0.29) is 10.9 Å². The second-order valence-corrected chi connectivity index (χ2v) is 7.04. The minimum atomic E-state index is -0.742. The van der Waals surface area contributed by atoms with Crippen LogP contribution in [0.5, 0.6) is 17.2 Å². The molecule has 0 atom stereocenters. The minimum Gasteiger partial charge on any atom is -0.506 e. The van der Waals surface area contributed by atoms with Gasteiger partial charge in [-0.25, -0.2) is 4.68 Å². The second kappa shape index (κ2) is 7.52. The Labute approximate surface area is 175 Å². The minimum absolute atomic E-state index is 0.280. The number of hydrogen-bond acceptors (Lipinski definition) is 6. The zero-order chi connectivity index (χ0) is 21.4. The normalized spacial score (nSPS) is 12.6. The molecule has 1 aliphatic heterocycles. The van der Waals surface area contributed by atoms with Crippen LogP contribution in [-0.4, -0.2) is 39.0 Å². The van der Waals surface area contributed by atoms with Gasteiger partial charge in [0.05, 0.1) is 18.1 Å². The second-order valence-electron chi connectivity index (χ2n) is 7.04. The molecular weight excluding hydrogens is 400 g/mol. The van der Waals surface area contributed by atoms with Gasteiger partial charge < -0.3 is 24.9 Å². The number of pyridine rings is 1. The number of H-pyrrole nitrogens is 1. The lowest BCUT2D eigenvalue weighted by molar-refractivity contribution is 0.102. The molecule has 0 saturated carbocycles. The van der Waals surface area contributed by atoms with Crippen molar-refractivity contribution in [1.29, 1.82) is 0 Å². The van der Waals surface area contributed by atoms with Gasteiger partial charge in [-0.05, 0) is 17.7 Å². The predicted molar refractivity (Wildman–Crippen MR) is 113 cm³/mol. The molecule has 4 aromatic rings. The summed E-state index contributed by atoms with van der Waals surface area (Å²) >= 11 is 0. The molecule has 9 heteroatoms. The summed E-state index contributed by atoms with van der Waals surface area (Å²) in [5.41, 5.74) is 0.625. The number of amides is 1. The predicted octanol–water partition coefficient (Wildman–Crippen LogP) is 2.50. The van der Waals surface area contributed by atoms with Crippen LogP contribution in [0.15, 0.2) is 59.5 Å². The molecule has 0 aliphatic carbocycles. The number of rotatable bonds is 4. The molecule has 31 heavy (non-hydrogen) atoms. The first kappa shape index (κ1) is 18.7. The molecule has 1 amide bonds. The monoisotopic (exact) mass is 418 g/mol. The maximum absolute atomic E-state index is 12.8. The summed E-state index contributed by atoms with van der Waals surface area (Å²) in [5, 5.41) is 17.8. The fourth-order valence-electron chi connectivity index (χ4n) is 3.50. The molecule has 0 unspecified atom stereocenters. The Morgan fingerprint density at radius 3 is 2.71 bits per heavy atom. The van der Waals surface area contributed by atoms with Crippen LogP contribution < -0.4 is 20.3 Å². The highest BCUT2D eigenvalue weighted by atomic mass is 16.6. The Hall–Kier alpha value is -4.27. The Bertz CT molecular complexity index is 1340. The fraction of sp³-hybridized carbons (Fsp3) is 0.136. The Morgan fingerprint density at radius 1 is 1.13 bits per heavy atom. The maximum Gasteiger partial charge on any atom is 0.266 e. The van der Waals surface area contributed by atoms with Crippen LogP contribution in [0.25, 0.3) is 11.0 Å². The van der Waals surface area contributed by atoms with Gasteiger partial charge in [0.15, 0.2) is 11.5 Å². The van der Waals surface area contributed by atoms with Gasteiger partial charge >= 0.3 is 0 Å². The Balaban J connectivity index is 1.46. The van der Waals surface area contributed by atoms with E-state index < -0.39 is 17.2 Å². The SMILES string of the molecule is O=C(Nc1ccc2c(c1)OCCO2)c1c(O)c2cnn(Cc3ccccc3)c2[nH]c1=O. The van der Waals surface area contributed by atoms with E-state index in [0.717, 1.165) is 5.56 Å². The number of hydrogen-bond donors (Lipinski definition) is 3. The molecule has 5 rings (SSSR count). The van der Waals surface area contributed by atoms with Crippen molar-refractivity contribution in [3.63, 3.8) is 0 Å². The van der Waals surface area contributed by atoms with Crippen LogP contribution in [0, 0.1) is 0 Å². The first-order valence-corrected chi connectivity index (χ1v) is 9.66. The molecule has 2 aromatic heterocycles. The number of carbonyl (C=O) groups is 1. The van der Waals surface area contributed by atoms with E-state index in [1.54, 1.807) is 22.9 Å². The summed E-state index contributed by atoms with van der Waals surface area (Å²) < 4.78 is 12.5. The number of anilines is 1. The molecule has 9 nitrogen and oxygen atoms in total. The highest BCUT2D eigenvalue weighted by Gasteiger charge is 2.22. The smallest absolute Gasteiger partial charge is 0.266 e. The van der Waals surface area contributed by atoms with Crippen molar-refractivity contribution in [1.82, 2.24) is 14.8 Å². The molecule has 3 N–H and O–H groups in total. The lowest BCUT2D eigenvalue weighted by atomic mass is 10.1. The third kappa shape index (κ3) is 3.46. The highest BCUT2D eigenvalue weighted by Crippen LogP contribution is 2.33. The number of nitrogens with zero attached hydrogens (tertiary/aromatic N) is 2. The van der Waals surface area contributed by atoms with Gasteiger partial charge in [0.1, 0.15) is 30.2 Å². The zero-order valence-corrected chi connectivity index (χ0v) is 16.3. The van der Waals surface area contributed by atoms with Crippen molar-refractivity contribution in [2.45, 2.75) is 6.54 Å². The summed E-state index contributed by atoms with van der Waals surface area (Å²) in [6, 6.07) is 14.5. The van der Waals surface area contributed by atoms with Crippen LogP contribution in [-0.2, 0) is 6.54 Å². The molecule has 2 aromatic carbocycles. The molecule has 1 aliphatic rings. The van der Waals surface area contributed by atoms with Crippen LogP contribution in [0.1, 0.15) is 15.9 Å². The van der Waals surface area contributed by atoms with Gasteiger partial charge in [0, 0.05) is 11.8 Å². The summed E-state index contributed by atoms with van der Waals surface area (Å²) in [7, 11) is 0. The van der Waals surface area contributed by atoms with Crippen LogP contribution in [0.3, 0.4) is 0 Å². The number of carbonyl (C=O) groups excluding carboxylic acids is 1. The molecule has 0 bridgehead atoms. The van der Waals surface area contributed by atoms with E-state index in [2.05, 4.69) is 15.4 Å². The van der Waals surface area contributed by atoms with Crippen LogP contribution in [0.4, 0.5) is 5.69 Å². The fourth-order valence-corrected chi connectivity index (χ4v) is 3.50. The third-order valence-corrected chi connectivity index (χ3v) is 4.99. The number of benzene rings is 2. The number of aromatic nitrogens is 3. The standard InChI is InChI=1S/C22H18N4O5/c27-19-15-11-23-26(12-13-4-2-1-3-5-13)20(15)25-22(29)18(19)21(28)24-14-6-7-16-17(10-14)31-9-8-30-16/h1-7,10-11H,8-9,12H2,(H,24,28)(H2,25,27,29). The number of ether oxygens (including phenoxy) is 2. The van der Waals surface area contributed by atoms with E-state index in [0.29, 0.717) is 42.6 Å². The molecule has 3 heterocycles. The number of fused-ring (bicyclic) bond motifs is 2. The van der Waals surface area contributed by atoms with Crippen molar-refractivity contribution in [3.05, 3.63) is 76.2 Å².